The zero-order chi connectivity index (χ0) is 17.9. The summed E-state index contributed by atoms with van der Waals surface area (Å²) in [5.41, 5.74) is 4.50. The zero-order valence-electron chi connectivity index (χ0n) is 14.7. The van der Waals surface area contributed by atoms with E-state index in [0.29, 0.717) is 12.4 Å². The predicted molar refractivity (Wildman–Crippen MR) is 99.3 cm³/mol. The van der Waals surface area contributed by atoms with E-state index in [-0.39, 0.29) is 12.5 Å². The van der Waals surface area contributed by atoms with Gasteiger partial charge in [-0.25, -0.2) is 5.43 Å². The first-order chi connectivity index (χ1) is 12.2. The highest BCUT2D eigenvalue weighted by molar-refractivity contribution is 5.83. The maximum absolute atomic E-state index is 11.8. The lowest BCUT2D eigenvalue weighted by molar-refractivity contribution is -0.123. The quantitative estimate of drug-likeness (QED) is 0.561. The summed E-state index contributed by atoms with van der Waals surface area (Å²) in [6, 6.07) is 15.2. The van der Waals surface area contributed by atoms with Crippen molar-refractivity contribution in [2.45, 2.75) is 26.7 Å². The van der Waals surface area contributed by atoms with Crippen LogP contribution in [0.4, 0.5) is 0 Å². The summed E-state index contributed by atoms with van der Waals surface area (Å²) in [5, 5.41) is 3.93. The van der Waals surface area contributed by atoms with Gasteiger partial charge < -0.3 is 9.47 Å². The summed E-state index contributed by atoms with van der Waals surface area (Å²) in [4.78, 5) is 11.8. The highest BCUT2D eigenvalue weighted by Crippen LogP contribution is 2.13. The molecule has 0 unspecified atom stereocenters. The molecule has 0 saturated heterocycles. The molecule has 0 atom stereocenters. The molecule has 0 aromatic heterocycles. The van der Waals surface area contributed by atoms with Crippen LogP contribution in [0.5, 0.6) is 11.5 Å². The second kappa shape index (κ2) is 10.1. The van der Waals surface area contributed by atoms with Crippen molar-refractivity contribution in [3.8, 4) is 11.5 Å². The molecular weight excluding hydrogens is 316 g/mol. The fourth-order valence-electron chi connectivity index (χ4n) is 2.09. The molecule has 2 aromatic rings. The number of nitrogens with zero attached hydrogens (tertiary/aromatic N) is 1. The average Bonchev–Trinajstić information content (AvgIpc) is 2.66. The second-order valence-corrected chi connectivity index (χ2v) is 5.50. The van der Waals surface area contributed by atoms with E-state index in [1.807, 2.05) is 48.5 Å². The Bertz CT molecular complexity index is 696. The van der Waals surface area contributed by atoms with E-state index >= 15 is 0 Å². The second-order valence-electron chi connectivity index (χ2n) is 5.50. The van der Waals surface area contributed by atoms with Crippen molar-refractivity contribution in [1.82, 2.24) is 5.43 Å². The van der Waals surface area contributed by atoms with Crippen LogP contribution in [0.15, 0.2) is 53.6 Å². The highest BCUT2D eigenvalue weighted by atomic mass is 16.5. The number of hydrogen-bond donors (Lipinski definition) is 1. The number of amides is 1. The maximum Gasteiger partial charge on any atom is 0.277 e. The standard InChI is InChI=1S/C20H24N2O3/c1-3-12-24-18-10-8-17(9-11-18)14-21-22-20(23)15-25-19-7-5-6-16(4-2)13-19/h5-11,13-14H,3-4,12,15H2,1-2H3,(H,22,23). The molecule has 25 heavy (non-hydrogen) atoms. The summed E-state index contributed by atoms with van der Waals surface area (Å²) in [7, 11) is 0. The largest absolute Gasteiger partial charge is 0.494 e. The molecule has 0 aliphatic heterocycles. The highest BCUT2D eigenvalue weighted by Gasteiger charge is 2.02. The van der Waals surface area contributed by atoms with Crippen molar-refractivity contribution in [3.05, 3.63) is 59.7 Å². The van der Waals surface area contributed by atoms with Gasteiger partial charge in [-0.05, 0) is 60.4 Å². The van der Waals surface area contributed by atoms with E-state index in [4.69, 9.17) is 9.47 Å². The Hall–Kier alpha value is -2.82. The summed E-state index contributed by atoms with van der Waals surface area (Å²) in [6.07, 6.45) is 3.48. The van der Waals surface area contributed by atoms with E-state index in [1.54, 1.807) is 6.21 Å². The summed E-state index contributed by atoms with van der Waals surface area (Å²) >= 11 is 0. The van der Waals surface area contributed by atoms with E-state index in [2.05, 4.69) is 24.4 Å². The van der Waals surface area contributed by atoms with Gasteiger partial charge in [-0.1, -0.05) is 26.0 Å². The molecule has 5 heteroatoms. The monoisotopic (exact) mass is 340 g/mol. The van der Waals surface area contributed by atoms with Crippen LogP contribution >= 0.6 is 0 Å². The van der Waals surface area contributed by atoms with Crippen molar-refractivity contribution >= 4 is 12.1 Å². The predicted octanol–water partition coefficient (Wildman–Crippen LogP) is 3.57. The van der Waals surface area contributed by atoms with Crippen molar-refractivity contribution in [2.75, 3.05) is 13.2 Å². The van der Waals surface area contributed by atoms with Gasteiger partial charge in [0, 0.05) is 0 Å². The average molecular weight is 340 g/mol. The minimum absolute atomic E-state index is 0.0751. The minimum Gasteiger partial charge on any atom is -0.494 e. The lowest BCUT2D eigenvalue weighted by atomic mass is 10.2. The zero-order valence-corrected chi connectivity index (χ0v) is 14.7. The van der Waals surface area contributed by atoms with Crippen LogP contribution in [0.3, 0.4) is 0 Å². The number of hydrogen-bond acceptors (Lipinski definition) is 4. The van der Waals surface area contributed by atoms with Crippen LogP contribution in [-0.4, -0.2) is 25.3 Å². The van der Waals surface area contributed by atoms with Gasteiger partial charge in [0.25, 0.3) is 5.91 Å². The lowest BCUT2D eigenvalue weighted by Crippen LogP contribution is -2.24. The third kappa shape index (κ3) is 6.67. The number of ether oxygens (including phenoxy) is 2. The van der Waals surface area contributed by atoms with Crippen molar-refractivity contribution in [2.24, 2.45) is 5.10 Å². The molecule has 0 spiro atoms. The van der Waals surface area contributed by atoms with E-state index in [0.717, 1.165) is 24.2 Å². The van der Waals surface area contributed by atoms with E-state index in [1.165, 1.54) is 5.56 Å². The molecule has 132 valence electrons. The van der Waals surface area contributed by atoms with Gasteiger partial charge in [-0.3, -0.25) is 4.79 Å². The Morgan fingerprint density at radius 1 is 1.08 bits per heavy atom. The molecule has 2 aromatic carbocycles. The van der Waals surface area contributed by atoms with Gasteiger partial charge in [-0.15, -0.1) is 0 Å². The van der Waals surface area contributed by atoms with Gasteiger partial charge in [0.15, 0.2) is 6.61 Å². The Balaban J connectivity index is 1.76. The minimum atomic E-state index is -0.305. The smallest absolute Gasteiger partial charge is 0.277 e. The van der Waals surface area contributed by atoms with E-state index < -0.39 is 0 Å². The molecule has 0 radical (unpaired) electrons. The van der Waals surface area contributed by atoms with Crippen LogP contribution in [-0.2, 0) is 11.2 Å². The molecule has 1 N–H and O–H groups in total. The lowest BCUT2D eigenvalue weighted by Gasteiger charge is -2.06. The van der Waals surface area contributed by atoms with Crippen LogP contribution in [0.1, 0.15) is 31.4 Å². The Morgan fingerprint density at radius 2 is 1.88 bits per heavy atom. The number of carbonyl (C=O) groups is 1. The number of hydrazone groups is 1. The van der Waals surface area contributed by atoms with Gasteiger partial charge in [-0.2, -0.15) is 5.10 Å². The van der Waals surface area contributed by atoms with Gasteiger partial charge in [0.05, 0.1) is 12.8 Å². The number of aryl methyl sites for hydroxylation is 1. The molecule has 5 nitrogen and oxygen atoms in total. The van der Waals surface area contributed by atoms with Gasteiger partial charge in [0.1, 0.15) is 11.5 Å². The van der Waals surface area contributed by atoms with E-state index in [9.17, 15) is 4.79 Å². The topological polar surface area (TPSA) is 59.9 Å². The van der Waals surface area contributed by atoms with Crippen LogP contribution in [0, 0.1) is 0 Å². The summed E-state index contributed by atoms with van der Waals surface area (Å²) < 4.78 is 11.0. The fraction of sp³-hybridized carbons (Fsp3) is 0.300. The molecule has 1 amide bonds. The summed E-state index contributed by atoms with van der Waals surface area (Å²) in [5.74, 6) is 1.20. The number of nitrogens with one attached hydrogen (secondary N) is 1. The number of benzene rings is 2. The number of carbonyl (C=O) groups excluding carboxylic acids is 1. The van der Waals surface area contributed by atoms with Crippen molar-refractivity contribution in [3.63, 3.8) is 0 Å². The Morgan fingerprint density at radius 3 is 2.60 bits per heavy atom. The van der Waals surface area contributed by atoms with Crippen molar-refractivity contribution in [1.29, 1.82) is 0 Å². The Kier molecular flexibility index (Phi) is 7.50. The van der Waals surface area contributed by atoms with Gasteiger partial charge in [0.2, 0.25) is 0 Å². The van der Waals surface area contributed by atoms with Crippen LogP contribution < -0.4 is 14.9 Å². The van der Waals surface area contributed by atoms with Crippen molar-refractivity contribution < 1.29 is 14.3 Å². The van der Waals surface area contributed by atoms with Crippen LogP contribution in [0.25, 0.3) is 0 Å². The van der Waals surface area contributed by atoms with Gasteiger partial charge >= 0.3 is 0 Å². The molecule has 0 bridgehead atoms. The molecular formula is C20H24N2O3. The third-order valence-electron chi connectivity index (χ3n) is 3.43. The van der Waals surface area contributed by atoms with Crippen LogP contribution in [0.2, 0.25) is 0 Å². The molecule has 0 aliphatic carbocycles. The number of rotatable bonds is 9. The first-order valence-corrected chi connectivity index (χ1v) is 8.47. The maximum atomic E-state index is 11.8. The molecule has 2 rings (SSSR count). The molecule has 0 aliphatic rings. The normalized spacial score (nSPS) is 10.6. The first kappa shape index (κ1) is 18.5. The molecule has 0 heterocycles. The molecule has 0 fully saturated rings. The summed E-state index contributed by atoms with van der Waals surface area (Å²) in [6.45, 7) is 4.76. The fourth-order valence-corrected chi connectivity index (χ4v) is 2.09. The third-order valence-corrected chi connectivity index (χ3v) is 3.43. The molecule has 0 saturated carbocycles. The SMILES string of the molecule is CCCOc1ccc(C=NNC(=O)COc2cccc(CC)c2)cc1. The Labute approximate surface area is 148 Å². The first-order valence-electron chi connectivity index (χ1n) is 8.47.